The van der Waals surface area contributed by atoms with Crippen LogP contribution in [0.4, 0.5) is 13.2 Å². The molecule has 0 unspecified atom stereocenters. The van der Waals surface area contributed by atoms with E-state index in [1.807, 2.05) is 0 Å². The first-order valence-corrected chi connectivity index (χ1v) is 8.27. The van der Waals surface area contributed by atoms with Crippen LogP contribution in [0.1, 0.15) is 4.88 Å². The minimum Gasteiger partial charge on any atom is -0.207 e. The van der Waals surface area contributed by atoms with Crippen molar-refractivity contribution in [3.8, 4) is 0 Å². The van der Waals surface area contributed by atoms with Gasteiger partial charge >= 0.3 is 0 Å². The molecule has 1 aromatic carbocycles. The van der Waals surface area contributed by atoms with Crippen LogP contribution in [0.2, 0.25) is 0 Å². The zero-order valence-electron chi connectivity index (χ0n) is 9.66. The Kier molecular flexibility index (Phi) is 4.52. The van der Waals surface area contributed by atoms with Crippen molar-refractivity contribution >= 4 is 37.3 Å². The van der Waals surface area contributed by atoms with E-state index in [2.05, 4.69) is 20.7 Å². The maximum Gasteiger partial charge on any atom is 0.246 e. The van der Waals surface area contributed by atoms with Crippen LogP contribution in [-0.2, 0) is 16.6 Å². The van der Waals surface area contributed by atoms with Gasteiger partial charge in [0.1, 0.15) is 17.5 Å². The van der Waals surface area contributed by atoms with Crippen LogP contribution in [0.5, 0.6) is 0 Å². The maximum absolute atomic E-state index is 13.4. The quantitative estimate of drug-likeness (QED) is 0.876. The van der Waals surface area contributed by atoms with Gasteiger partial charge in [-0.05, 0) is 28.1 Å². The number of sulfonamides is 1. The Morgan fingerprint density at radius 2 is 1.75 bits per heavy atom. The smallest absolute Gasteiger partial charge is 0.207 e. The lowest BCUT2D eigenvalue weighted by molar-refractivity contribution is 0.494. The van der Waals surface area contributed by atoms with E-state index in [-0.39, 0.29) is 6.54 Å². The summed E-state index contributed by atoms with van der Waals surface area (Å²) in [5, 5.41) is 0. The number of halogens is 4. The molecule has 0 aliphatic rings. The molecule has 0 radical (unpaired) electrons. The number of hydrogen-bond acceptors (Lipinski definition) is 3. The van der Waals surface area contributed by atoms with Gasteiger partial charge in [-0.2, -0.15) is 0 Å². The van der Waals surface area contributed by atoms with Crippen LogP contribution in [0.15, 0.2) is 32.9 Å². The number of nitrogens with one attached hydrogen (secondary N) is 1. The lowest BCUT2D eigenvalue weighted by Crippen LogP contribution is -2.25. The van der Waals surface area contributed by atoms with Gasteiger partial charge in [0.2, 0.25) is 10.0 Å². The number of hydrogen-bond donors (Lipinski definition) is 1. The Morgan fingerprint density at radius 3 is 2.25 bits per heavy atom. The summed E-state index contributed by atoms with van der Waals surface area (Å²) in [7, 11) is -4.40. The Balaban J connectivity index is 2.27. The van der Waals surface area contributed by atoms with Crippen molar-refractivity contribution in [1.29, 1.82) is 0 Å². The van der Waals surface area contributed by atoms with Gasteiger partial charge in [-0.15, -0.1) is 11.3 Å². The van der Waals surface area contributed by atoms with Gasteiger partial charge in [0.25, 0.3) is 0 Å². The first-order valence-electron chi connectivity index (χ1n) is 5.18. The van der Waals surface area contributed by atoms with Gasteiger partial charge in [0.05, 0.1) is 3.79 Å². The van der Waals surface area contributed by atoms with E-state index in [9.17, 15) is 21.6 Å². The second kappa shape index (κ2) is 5.84. The minimum atomic E-state index is -4.40. The summed E-state index contributed by atoms with van der Waals surface area (Å²) in [6.07, 6.45) is 0. The lowest BCUT2D eigenvalue weighted by Gasteiger charge is -2.08. The molecule has 0 aliphatic heterocycles. The maximum atomic E-state index is 13.4. The highest BCUT2D eigenvalue weighted by Crippen LogP contribution is 2.23. The summed E-state index contributed by atoms with van der Waals surface area (Å²) in [5.41, 5.74) is 0. The molecule has 20 heavy (non-hydrogen) atoms. The van der Waals surface area contributed by atoms with Crippen molar-refractivity contribution in [1.82, 2.24) is 4.72 Å². The van der Waals surface area contributed by atoms with Crippen LogP contribution in [0, 0.1) is 17.5 Å². The van der Waals surface area contributed by atoms with Crippen LogP contribution in [-0.4, -0.2) is 8.42 Å². The van der Waals surface area contributed by atoms with Gasteiger partial charge in [-0.1, -0.05) is 0 Å². The molecule has 1 heterocycles. The summed E-state index contributed by atoms with van der Waals surface area (Å²) in [6, 6.07) is 4.01. The van der Waals surface area contributed by atoms with Gasteiger partial charge in [-0.25, -0.2) is 26.3 Å². The average molecular weight is 386 g/mol. The third-order valence-corrected chi connectivity index (χ3v) is 5.37. The van der Waals surface area contributed by atoms with E-state index in [4.69, 9.17) is 0 Å². The molecule has 0 saturated heterocycles. The molecule has 108 valence electrons. The second-order valence-corrected chi connectivity index (χ2v) is 7.98. The fourth-order valence-electron chi connectivity index (χ4n) is 1.47. The zero-order valence-corrected chi connectivity index (χ0v) is 12.9. The Bertz CT molecular complexity index is 723. The molecule has 1 aromatic heterocycles. The van der Waals surface area contributed by atoms with E-state index in [0.717, 1.165) is 3.79 Å². The Morgan fingerprint density at radius 1 is 1.15 bits per heavy atom. The van der Waals surface area contributed by atoms with Crippen molar-refractivity contribution in [2.24, 2.45) is 0 Å². The van der Waals surface area contributed by atoms with Crippen molar-refractivity contribution in [3.63, 3.8) is 0 Å². The zero-order chi connectivity index (χ0) is 14.9. The predicted octanol–water partition coefficient (Wildman–Crippen LogP) is 3.41. The largest absolute Gasteiger partial charge is 0.246 e. The van der Waals surface area contributed by atoms with Gasteiger partial charge in [-0.3, -0.25) is 0 Å². The van der Waals surface area contributed by atoms with Crippen molar-refractivity contribution < 1.29 is 21.6 Å². The SMILES string of the molecule is O=S(=O)(NCc1ccc(Br)s1)c1c(F)cc(F)cc1F. The average Bonchev–Trinajstić information content (AvgIpc) is 2.71. The molecule has 0 bridgehead atoms. The standard InChI is InChI=1S/C11H7BrF3NO2S2/c12-10-2-1-7(19-10)5-16-20(17,18)11-8(14)3-6(13)4-9(11)15/h1-4,16H,5H2. The molecule has 0 spiro atoms. The third kappa shape index (κ3) is 3.40. The molecular weight excluding hydrogens is 379 g/mol. The van der Waals surface area contributed by atoms with Gasteiger partial charge in [0.15, 0.2) is 4.90 Å². The molecule has 0 saturated carbocycles. The third-order valence-electron chi connectivity index (χ3n) is 2.30. The van der Waals surface area contributed by atoms with Crippen molar-refractivity contribution in [2.75, 3.05) is 0 Å². The summed E-state index contributed by atoms with van der Waals surface area (Å²) < 4.78 is 66.2. The fraction of sp³-hybridized carbons (Fsp3) is 0.0909. The lowest BCUT2D eigenvalue weighted by atomic mass is 10.3. The van der Waals surface area contributed by atoms with Crippen molar-refractivity contribution in [3.05, 3.63) is 50.4 Å². The molecule has 2 rings (SSSR count). The second-order valence-electron chi connectivity index (χ2n) is 3.73. The molecule has 2 aromatic rings. The number of rotatable bonds is 4. The molecule has 0 fully saturated rings. The molecule has 0 atom stereocenters. The van der Waals surface area contributed by atoms with Crippen molar-refractivity contribution in [2.45, 2.75) is 11.4 Å². The molecule has 1 N–H and O–H groups in total. The minimum absolute atomic E-state index is 0.116. The summed E-state index contributed by atoms with van der Waals surface area (Å²) in [5.74, 6) is -4.12. The number of benzene rings is 1. The molecule has 3 nitrogen and oxygen atoms in total. The highest BCUT2D eigenvalue weighted by Gasteiger charge is 2.25. The Hall–Kier alpha value is -0.900. The number of thiophene rings is 1. The van der Waals surface area contributed by atoms with E-state index < -0.39 is 32.4 Å². The molecule has 0 aliphatic carbocycles. The summed E-state index contributed by atoms with van der Waals surface area (Å²) in [6.45, 7) is -0.116. The highest BCUT2D eigenvalue weighted by molar-refractivity contribution is 9.11. The van der Waals surface area contributed by atoms with E-state index in [1.54, 1.807) is 12.1 Å². The molecule has 9 heteroatoms. The van der Waals surface area contributed by atoms with Crippen LogP contribution in [0.3, 0.4) is 0 Å². The van der Waals surface area contributed by atoms with Crippen LogP contribution >= 0.6 is 27.3 Å². The first-order chi connectivity index (χ1) is 9.29. The monoisotopic (exact) mass is 385 g/mol. The predicted molar refractivity (Wildman–Crippen MR) is 72.4 cm³/mol. The van der Waals surface area contributed by atoms with E-state index in [1.165, 1.54) is 11.3 Å². The fourth-order valence-corrected chi connectivity index (χ4v) is 4.11. The van der Waals surface area contributed by atoms with Gasteiger partial charge < -0.3 is 0 Å². The highest BCUT2D eigenvalue weighted by atomic mass is 79.9. The van der Waals surface area contributed by atoms with Gasteiger partial charge in [0, 0.05) is 23.6 Å². The topological polar surface area (TPSA) is 46.2 Å². The van der Waals surface area contributed by atoms with Crippen LogP contribution < -0.4 is 4.72 Å². The summed E-state index contributed by atoms with van der Waals surface area (Å²) >= 11 is 4.49. The first kappa shape index (κ1) is 15.5. The van der Waals surface area contributed by atoms with E-state index >= 15 is 0 Å². The molecular formula is C11H7BrF3NO2S2. The molecule has 0 amide bonds. The van der Waals surface area contributed by atoms with Crippen LogP contribution in [0.25, 0.3) is 0 Å². The Labute approximate surface area is 125 Å². The normalized spacial score (nSPS) is 11.8. The van der Waals surface area contributed by atoms with E-state index in [0.29, 0.717) is 17.0 Å². The summed E-state index contributed by atoms with van der Waals surface area (Å²) in [4.78, 5) is -0.530.